The van der Waals surface area contributed by atoms with Gasteiger partial charge in [0.1, 0.15) is 10.8 Å². The van der Waals surface area contributed by atoms with Crippen LogP contribution in [0.15, 0.2) is 24.4 Å². The number of nitrogens with zero attached hydrogens (tertiary/aromatic N) is 2. The van der Waals surface area contributed by atoms with Gasteiger partial charge in [-0.2, -0.15) is 5.10 Å². The van der Waals surface area contributed by atoms with Gasteiger partial charge in [-0.1, -0.05) is 12.2 Å². The highest BCUT2D eigenvalue weighted by atomic mass is 32.1. The van der Waals surface area contributed by atoms with Crippen molar-refractivity contribution >= 4 is 28.8 Å². The van der Waals surface area contributed by atoms with Crippen molar-refractivity contribution < 1.29 is 9.18 Å². The van der Waals surface area contributed by atoms with Crippen LogP contribution in [0.25, 0.3) is 0 Å². The molecule has 1 aromatic heterocycles. The highest BCUT2D eigenvalue weighted by Crippen LogP contribution is 2.17. The third-order valence-corrected chi connectivity index (χ3v) is 3.00. The fourth-order valence-corrected chi connectivity index (χ4v) is 1.91. The zero-order valence-electron chi connectivity index (χ0n) is 11.0. The monoisotopic (exact) mass is 292 g/mol. The van der Waals surface area contributed by atoms with Crippen molar-refractivity contribution in [1.82, 2.24) is 9.78 Å². The van der Waals surface area contributed by atoms with Crippen LogP contribution >= 0.6 is 12.2 Å². The Morgan fingerprint density at radius 3 is 2.70 bits per heavy atom. The van der Waals surface area contributed by atoms with Gasteiger partial charge < -0.3 is 11.1 Å². The molecule has 104 valence electrons. The van der Waals surface area contributed by atoms with E-state index in [0.29, 0.717) is 16.8 Å². The minimum atomic E-state index is -0.592. The van der Waals surface area contributed by atoms with Crippen molar-refractivity contribution in [1.29, 1.82) is 0 Å². The van der Waals surface area contributed by atoms with E-state index in [0.717, 1.165) is 0 Å². The first kappa shape index (κ1) is 14.1. The number of halogens is 1. The number of nitrogens with two attached hydrogens (primary N) is 1. The first-order valence-corrected chi connectivity index (χ1v) is 6.20. The largest absolute Gasteiger partial charge is 0.389 e. The van der Waals surface area contributed by atoms with E-state index >= 15 is 0 Å². The van der Waals surface area contributed by atoms with Crippen LogP contribution in [0.5, 0.6) is 0 Å². The summed E-state index contributed by atoms with van der Waals surface area (Å²) < 4.78 is 15.4. The Kier molecular flexibility index (Phi) is 3.80. The molecule has 1 heterocycles. The lowest BCUT2D eigenvalue weighted by Gasteiger charge is -2.07. The molecule has 0 radical (unpaired) electrons. The summed E-state index contributed by atoms with van der Waals surface area (Å²) in [6.07, 6.45) is 1.58. The molecular weight excluding hydrogens is 279 g/mol. The van der Waals surface area contributed by atoms with Crippen LogP contribution in [0.2, 0.25) is 0 Å². The Morgan fingerprint density at radius 1 is 1.50 bits per heavy atom. The van der Waals surface area contributed by atoms with Gasteiger partial charge in [-0.25, -0.2) is 4.39 Å². The predicted molar refractivity (Wildman–Crippen MR) is 78.2 cm³/mol. The molecular formula is C13H13FN4OS. The van der Waals surface area contributed by atoms with Gasteiger partial charge in [0.25, 0.3) is 5.91 Å². The molecule has 0 atom stereocenters. The zero-order valence-corrected chi connectivity index (χ0v) is 11.8. The third kappa shape index (κ3) is 2.83. The quantitative estimate of drug-likeness (QED) is 0.845. The first-order valence-electron chi connectivity index (χ1n) is 5.79. The average molecular weight is 292 g/mol. The summed E-state index contributed by atoms with van der Waals surface area (Å²) >= 11 is 4.76. The lowest BCUT2D eigenvalue weighted by molar-refractivity contribution is 0.102. The maximum atomic E-state index is 13.8. The lowest BCUT2D eigenvalue weighted by Crippen LogP contribution is -2.15. The molecule has 2 rings (SSSR count). The van der Waals surface area contributed by atoms with Gasteiger partial charge in [0, 0.05) is 18.8 Å². The van der Waals surface area contributed by atoms with Gasteiger partial charge in [0.2, 0.25) is 0 Å². The van der Waals surface area contributed by atoms with Crippen molar-refractivity contribution in [3.8, 4) is 0 Å². The number of thiocarbonyl (C=S) groups is 1. The number of rotatable bonds is 3. The minimum Gasteiger partial charge on any atom is -0.389 e. The number of aryl methyl sites for hydroxylation is 2. The summed E-state index contributed by atoms with van der Waals surface area (Å²) in [6.45, 7) is 1.71. The number of hydrogen-bond donors (Lipinski definition) is 2. The number of aromatic nitrogens is 2. The Hall–Kier alpha value is -2.28. The van der Waals surface area contributed by atoms with Crippen LogP contribution in [0.1, 0.15) is 21.6 Å². The van der Waals surface area contributed by atoms with E-state index in [2.05, 4.69) is 10.4 Å². The van der Waals surface area contributed by atoms with Crippen LogP contribution in [-0.4, -0.2) is 20.7 Å². The zero-order chi connectivity index (χ0) is 14.9. The molecule has 0 saturated heterocycles. The smallest absolute Gasteiger partial charge is 0.259 e. The van der Waals surface area contributed by atoms with Crippen LogP contribution < -0.4 is 11.1 Å². The molecule has 0 aliphatic rings. The van der Waals surface area contributed by atoms with E-state index in [1.807, 2.05) is 0 Å². The number of nitrogens with one attached hydrogen (secondary N) is 1. The van der Waals surface area contributed by atoms with Gasteiger partial charge in [0.15, 0.2) is 0 Å². The van der Waals surface area contributed by atoms with Crippen molar-refractivity contribution in [2.24, 2.45) is 12.8 Å². The summed E-state index contributed by atoms with van der Waals surface area (Å²) in [4.78, 5) is 12.1. The van der Waals surface area contributed by atoms with E-state index in [1.165, 1.54) is 16.8 Å². The summed E-state index contributed by atoms with van der Waals surface area (Å²) in [5.41, 5.74) is 6.86. The molecule has 0 bridgehead atoms. The second-order valence-electron chi connectivity index (χ2n) is 4.31. The Balaban J connectivity index is 2.24. The Bertz CT molecular complexity index is 696. The van der Waals surface area contributed by atoms with E-state index < -0.39 is 11.7 Å². The van der Waals surface area contributed by atoms with E-state index in [4.69, 9.17) is 18.0 Å². The average Bonchev–Trinajstić information content (AvgIpc) is 2.70. The summed E-state index contributed by atoms with van der Waals surface area (Å²) in [7, 11) is 1.71. The van der Waals surface area contributed by atoms with Crippen LogP contribution in [0.4, 0.5) is 10.1 Å². The van der Waals surface area contributed by atoms with E-state index in [1.54, 1.807) is 26.2 Å². The molecule has 5 nitrogen and oxygen atoms in total. The summed E-state index contributed by atoms with van der Waals surface area (Å²) in [5.74, 6) is -1.01. The van der Waals surface area contributed by atoms with Gasteiger partial charge in [-0.05, 0) is 25.1 Å². The standard InChI is InChI=1S/C13H13FN4OS/c1-7-9(6-18(2)17-7)13(19)16-11-4-3-8(12(15)20)5-10(11)14/h3-6H,1-2H3,(H2,15,20)(H,16,19). The maximum Gasteiger partial charge on any atom is 0.259 e. The second kappa shape index (κ2) is 5.38. The molecule has 20 heavy (non-hydrogen) atoms. The molecule has 3 N–H and O–H groups in total. The molecule has 0 fully saturated rings. The van der Waals surface area contributed by atoms with Crippen molar-refractivity contribution in [2.45, 2.75) is 6.92 Å². The summed E-state index contributed by atoms with van der Waals surface area (Å²) in [5, 5.41) is 6.56. The van der Waals surface area contributed by atoms with Gasteiger partial charge in [-0.3, -0.25) is 9.48 Å². The fourth-order valence-electron chi connectivity index (χ4n) is 1.78. The Labute approximate surface area is 120 Å². The molecule has 0 aliphatic heterocycles. The summed E-state index contributed by atoms with van der Waals surface area (Å²) in [6, 6.07) is 4.17. The topological polar surface area (TPSA) is 72.9 Å². The molecule has 0 unspecified atom stereocenters. The lowest BCUT2D eigenvalue weighted by atomic mass is 10.2. The van der Waals surface area contributed by atoms with Crippen LogP contribution in [0, 0.1) is 12.7 Å². The van der Waals surface area contributed by atoms with Crippen molar-refractivity contribution in [3.63, 3.8) is 0 Å². The molecule has 0 spiro atoms. The highest BCUT2D eigenvalue weighted by Gasteiger charge is 2.14. The molecule has 1 amide bonds. The van der Waals surface area contributed by atoms with E-state index in [-0.39, 0.29) is 10.7 Å². The third-order valence-electron chi connectivity index (χ3n) is 2.76. The number of hydrogen-bond acceptors (Lipinski definition) is 3. The normalized spacial score (nSPS) is 10.3. The van der Waals surface area contributed by atoms with Crippen molar-refractivity contribution in [3.05, 3.63) is 47.0 Å². The fraction of sp³-hybridized carbons (Fsp3) is 0.154. The van der Waals surface area contributed by atoms with E-state index in [9.17, 15) is 9.18 Å². The number of amides is 1. The number of anilines is 1. The molecule has 7 heteroatoms. The number of carbonyl (C=O) groups is 1. The first-order chi connectivity index (χ1) is 9.38. The minimum absolute atomic E-state index is 0.0678. The Morgan fingerprint density at radius 2 is 2.20 bits per heavy atom. The number of benzene rings is 1. The number of carbonyl (C=O) groups excluding carboxylic acids is 1. The predicted octanol–water partition coefficient (Wildman–Crippen LogP) is 1.75. The van der Waals surface area contributed by atoms with Crippen LogP contribution in [0.3, 0.4) is 0 Å². The van der Waals surface area contributed by atoms with Gasteiger partial charge in [-0.15, -0.1) is 0 Å². The second-order valence-corrected chi connectivity index (χ2v) is 4.75. The van der Waals surface area contributed by atoms with Crippen LogP contribution in [-0.2, 0) is 7.05 Å². The SMILES string of the molecule is Cc1nn(C)cc1C(=O)Nc1ccc(C(N)=S)cc1F. The van der Waals surface area contributed by atoms with Gasteiger partial charge in [0.05, 0.1) is 16.9 Å². The molecule has 0 aliphatic carbocycles. The molecule has 0 saturated carbocycles. The maximum absolute atomic E-state index is 13.8. The van der Waals surface area contributed by atoms with Gasteiger partial charge >= 0.3 is 0 Å². The van der Waals surface area contributed by atoms with Crippen molar-refractivity contribution in [2.75, 3.05) is 5.32 Å². The highest BCUT2D eigenvalue weighted by molar-refractivity contribution is 7.80. The molecule has 2 aromatic rings. The molecule has 1 aromatic carbocycles.